The van der Waals surface area contributed by atoms with E-state index in [1.54, 1.807) is 0 Å². The average Bonchev–Trinajstić information content (AvgIpc) is 3.35. The van der Waals surface area contributed by atoms with Crippen LogP contribution in [0, 0.1) is 0 Å². The molecule has 6 heteroatoms. The summed E-state index contributed by atoms with van der Waals surface area (Å²) in [5.41, 5.74) is 0. The number of hydrogen-bond donors (Lipinski definition) is 0. The molecule has 0 bridgehead atoms. The summed E-state index contributed by atoms with van der Waals surface area (Å²) in [5, 5.41) is 0. The quantitative estimate of drug-likeness (QED) is 0.0261. The van der Waals surface area contributed by atoms with E-state index in [2.05, 4.69) is 32.9 Å². The fourth-order valence-electron chi connectivity index (χ4n) is 9.55. The SMILES string of the molecule is CCCC/C=C\CCCCCCCC(=O)OC(COC(=O)CCCCCCCCCCCC)COC(=O)CCCCCCCCCCCCCCCCCCCCCCCCCCCCCCCC. The van der Waals surface area contributed by atoms with E-state index in [-0.39, 0.29) is 31.1 Å². The number of esters is 3. The zero-order valence-corrected chi connectivity index (χ0v) is 46.9. The van der Waals surface area contributed by atoms with Crippen molar-refractivity contribution in [1.29, 1.82) is 0 Å². The molecule has 0 aliphatic rings. The van der Waals surface area contributed by atoms with Gasteiger partial charge in [0.1, 0.15) is 13.2 Å². The van der Waals surface area contributed by atoms with Gasteiger partial charge in [-0.15, -0.1) is 0 Å². The van der Waals surface area contributed by atoms with Crippen LogP contribution in [0.25, 0.3) is 0 Å². The minimum Gasteiger partial charge on any atom is -0.462 e. The van der Waals surface area contributed by atoms with E-state index < -0.39 is 6.10 Å². The molecule has 69 heavy (non-hydrogen) atoms. The van der Waals surface area contributed by atoms with Crippen molar-refractivity contribution in [3.05, 3.63) is 12.2 Å². The second-order valence-electron chi connectivity index (χ2n) is 21.3. The number of hydrogen-bond acceptors (Lipinski definition) is 6. The lowest BCUT2D eigenvalue weighted by molar-refractivity contribution is -0.167. The first kappa shape index (κ1) is 67.1. The molecule has 0 rings (SSSR count). The van der Waals surface area contributed by atoms with Crippen LogP contribution < -0.4 is 0 Å². The van der Waals surface area contributed by atoms with E-state index in [4.69, 9.17) is 14.2 Å². The van der Waals surface area contributed by atoms with Gasteiger partial charge in [0.15, 0.2) is 6.10 Å². The number of ether oxygens (including phenoxy) is 3. The Morgan fingerprint density at radius 2 is 0.493 bits per heavy atom. The van der Waals surface area contributed by atoms with E-state index in [0.717, 1.165) is 64.2 Å². The molecule has 1 atom stereocenters. The van der Waals surface area contributed by atoms with Crippen LogP contribution in [0.5, 0.6) is 0 Å². The minimum absolute atomic E-state index is 0.0680. The van der Waals surface area contributed by atoms with Crippen molar-refractivity contribution >= 4 is 17.9 Å². The Balaban J connectivity index is 3.98. The van der Waals surface area contributed by atoms with Crippen molar-refractivity contribution in [1.82, 2.24) is 0 Å². The van der Waals surface area contributed by atoms with Crippen LogP contribution in [0.15, 0.2) is 12.2 Å². The van der Waals surface area contributed by atoms with Gasteiger partial charge in [0.25, 0.3) is 0 Å². The molecule has 0 saturated carbocycles. The maximum absolute atomic E-state index is 12.8. The van der Waals surface area contributed by atoms with Gasteiger partial charge in [-0.2, -0.15) is 0 Å². The Morgan fingerprint density at radius 3 is 0.768 bits per heavy atom. The highest BCUT2D eigenvalue weighted by molar-refractivity contribution is 5.71. The maximum atomic E-state index is 12.8. The van der Waals surface area contributed by atoms with E-state index in [9.17, 15) is 14.4 Å². The van der Waals surface area contributed by atoms with Gasteiger partial charge in [-0.1, -0.05) is 309 Å². The van der Waals surface area contributed by atoms with Gasteiger partial charge in [-0.25, -0.2) is 0 Å². The highest BCUT2D eigenvalue weighted by Crippen LogP contribution is 2.18. The Hall–Kier alpha value is -1.85. The second kappa shape index (κ2) is 58.7. The lowest BCUT2D eigenvalue weighted by Crippen LogP contribution is -2.30. The molecule has 0 spiro atoms. The predicted octanol–water partition coefficient (Wildman–Crippen LogP) is 20.9. The number of allylic oxidation sites excluding steroid dienone is 2. The monoisotopic (exact) mass is 973 g/mol. The fraction of sp³-hybridized carbons (Fsp3) is 0.921. The third kappa shape index (κ3) is 56.9. The van der Waals surface area contributed by atoms with Crippen molar-refractivity contribution in [2.75, 3.05) is 13.2 Å². The van der Waals surface area contributed by atoms with Crippen LogP contribution in [-0.2, 0) is 28.6 Å². The van der Waals surface area contributed by atoms with E-state index in [0.29, 0.717) is 19.3 Å². The zero-order valence-electron chi connectivity index (χ0n) is 46.9. The van der Waals surface area contributed by atoms with Crippen molar-refractivity contribution in [3.8, 4) is 0 Å². The van der Waals surface area contributed by atoms with Crippen LogP contribution in [0.1, 0.15) is 355 Å². The highest BCUT2D eigenvalue weighted by atomic mass is 16.6. The zero-order chi connectivity index (χ0) is 50.0. The van der Waals surface area contributed by atoms with Gasteiger partial charge >= 0.3 is 17.9 Å². The fourth-order valence-corrected chi connectivity index (χ4v) is 9.55. The third-order valence-electron chi connectivity index (χ3n) is 14.3. The van der Waals surface area contributed by atoms with Crippen LogP contribution in [0.3, 0.4) is 0 Å². The third-order valence-corrected chi connectivity index (χ3v) is 14.3. The molecule has 0 saturated heterocycles. The molecule has 6 nitrogen and oxygen atoms in total. The molecule has 0 N–H and O–H groups in total. The number of carbonyl (C=O) groups excluding carboxylic acids is 3. The highest BCUT2D eigenvalue weighted by Gasteiger charge is 2.19. The van der Waals surface area contributed by atoms with Gasteiger partial charge in [0.05, 0.1) is 0 Å². The van der Waals surface area contributed by atoms with Crippen LogP contribution in [-0.4, -0.2) is 37.2 Å². The summed E-state index contributed by atoms with van der Waals surface area (Å²) in [6.45, 7) is 6.64. The lowest BCUT2D eigenvalue weighted by atomic mass is 10.0. The summed E-state index contributed by atoms with van der Waals surface area (Å²) < 4.78 is 16.8. The first-order chi connectivity index (χ1) is 34.0. The molecule has 0 amide bonds. The average molecular weight is 974 g/mol. The second-order valence-corrected chi connectivity index (χ2v) is 21.3. The summed E-state index contributed by atoms with van der Waals surface area (Å²) >= 11 is 0. The molecule has 0 aliphatic heterocycles. The van der Waals surface area contributed by atoms with Gasteiger partial charge in [0, 0.05) is 19.3 Å². The van der Waals surface area contributed by atoms with Crippen molar-refractivity contribution in [3.63, 3.8) is 0 Å². The first-order valence-corrected chi connectivity index (χ1v) is 31.2. The standard InChI is InChI=1S/C63H120O6/c1-4-7-10-13-16-19-22-23-24-25-26-27-28-29-30-31-32-33-34-35-36-37-38-39-40-42-44-47-50-53-56-62(65)68-59-60(58-67-61(64)55-52-49-46-43-21-18-15-12-9-6-3)69-63(66)57-54-51-48-45-41-20-17-14-11-8-5-2/h14,17,60H,4-13,15-16,18-59H2,1-3H3/b17-14-. The summed E-state index contributed by atoms with van der Waals surface area (Å²) in [6, 6.07) is 0. The Labute approximate surface area is 431 Å². The molecular weight excluding hydrogens is 853 g/mol. The molecule has 0 aromatic rings. The molecule has 0 aliphatic carbocycles. The van der Waals surface area contributed by atoms with Crippen molar-refractivity contribution < 1.29 is 28.6 Å². The topological polar surface area (TPSA) is 78.9 Å². The van der Waals surface area contributed by atoms with Gasteiger partial charge in [-0.05, 0) is 38.5 Å². The van der Waals surface area contributed by atoms with Crippen LogP contribution >= 0.6 is 0 Å². The van der Waals surface area contributed by atoms with Crippen molar-refractivity contribution in [2.45, 2.75) is 361 Å². The van der Waals surface area contributed by atoms with Crippen molar-refractivity contribution in [2.24, 2.45) is 0 Å². The van der Waals surface area contributed by atoms with Crippen LogP contribution in [0.2, 0.25) is 0 Å². The van der Waals surface area contributed by atoms with Gasteiger partial charge < -0.3 is 14.2 Å². The number of unbranched alkanes of at least 4 members (excludes halogenated alkanes) is 45. The minimum atomic E-state index is -0.768. The maximum Gasteiger partial charge on any atom is 0.306 e. The Kier molecular flexibility index (Phi) is 57.1. The van der Waals surface area contributed by atoms with Crippen LogP contribution in [0.4, 0.5) is 0 Å². The predicted molar refractivity (Wildman–Crippen MR) is 298 cm³/mol. The normalized spacial score (nSPS) is 12.0. The molecule has 0 fully saturated rings. The Morgan fingerprint density at radius 1 is 0.275 bits per heavy atom. The molecule has 0 aromatic carbocycles. The molecule has 0 radical (unpaired) electrons. The molecular formula is C63H120O6. The largest absolute Gasteiger partial charge is 0.462 e. The van der Waals surface area contributed by atoms with Gasteiger partial charge in [-0.3, -0.25) is 14.4 Å². The molecule has 408 valence electrons. The lowest BCUT2D eigenvalue weighted by Gasteiger charge is -2.18. The molecule has 0 aromatic heterocycles. The Bertz CT molecular complexity index is 1070. The number of carbonyl (C=O) groups is 3. The van der Waals surface area contributed by atoms with Gasteiger partial charge in [0.2, 0.25) is 0 Å². The molecule has 0 heterocycles. The summed E-state index contributed by atoms with van der Waals surface area (Å²) in [6.07, 6.45) is 68.2. The van der Waals surface area contributed by atoms with E-state index in [1.807, 2.05) is 0 Å². The molecule has 1 unspecified atom stereocenters. The summed E-state index contributed by atoms with van der Waals surface area (Å²) in [4.78, 5) is 38.0. The summed E-state index contributed by atoms with van der Waals surface area (Å²) in [7, 11) is 0. The van der Waals surface area contributed by atoms with E-state index in [1.165, 1.54) is 250 Å². The number of rotatable bonds is 58. The first-order valence-electron chi connectivity index (χ1n) is 31.2. The summed E-state index contributed by atoms with van der Waals surface area (Å²) in [5.74, 6) is -0.858. The smallest absolute Gasteiger partial charge is 0.306 e. The van der Waals surface area contributed by atoms with E-state index >= 15 is 0 Å².